The first-order valence-corrected chi connectivity index (χ1v) is 6.89. The van der Waals surface area contributed by atoms with Gasteiger partial charge in [0.15, 0.2) is 5.82 Å². The minimum atomic E-state index is 0.474. The summed E-state index contributed by atoms with van der Waals surface area (Å²) in [4.78, 5) is 5.38. The van der Waals surface area contributed by atoms with E-state index in [4.69, 9.17) is 10.3 Å². The maximum absolute atomic E-state index is 5.84. The molecule has 0 bridgehead atoms. The average molecular weight is 249 g/mol. The van der Waals surface area contributed by atoms with Crippen molar-refractivity contribution in [2.75, 3.05) is 5.73 Å². The molecule has 2 heterocycles. The molecule has 0 aliphatic heterocycles. The Labute approximate surface area is 104 Å². The quantitative estimate of drug-likeness (QED) is 0.885. The molecule has 1 aliphatic rings. The van der Waals surface area contributed by atoms with Crippen LogP contribution >= 0.6 is 11.3 Å². The summed E-state index contributed by atoms with van der Waals surface area (Å²) in [5, 5.41) is 6.04. The van der Waals surface area contributed by atoms with Crippen LogP contribution in [0.3, 0.4) is 0 Å². The van der Waals surface area contributed by atoms with Crippen LogP contribution < -0.4 is 5.73 Å². The molecule has 0 radical (unpaired) electrons. The van der Waals surface area contributed by atoms with Crippen LogP contribution in [0.4, 0.5) is 5.69 Å². The van der Waals surface area contributed by atoms with E-state index in [1.54, 1.807) is 11.3 Å². The van der Waals surface area contributed by atoms with Crippen LogP contribution in [0.5, 0.6) is 0 Å². The molecular formula is C12H15N3OS. The third kappa shape index (κ3) is 2.07. The predicted octanol–water partition coefficient (Wildman–Crippen LogP) is 3.43. The van der Waals surface area contributed by atoms with Crippen molar-refractivity contribution in [2.24, 2.45) is 0 Å². The Morgan fingerprint density at radius 3 is 2.82 bits per heavy atom. The van der Waals surface area contributed by atoms with E-state index in [1.165, 1.54) is 32.1 Å². The lowest BCUT2D eigenvalue weighted by Crippen LogP contribution is -2.06. The highest BCUT2D eigenvalue weighted by atomic mass is 32.1. The van der Waals surface area contributed by atoms with Gasteiger partial charge in [0.25, 0.3) is 5.89 Å². The largest absolute Gasteiger partial charge is 0.397 e. The summed E-state index contributed by atoms with van der Waals surface area (Å²) in [5.74, 6) is 1.90. The van der Waals surface area contributed by atoms with Gasteiger partial charge in [0.2, 0.25) is 0 Å². The first-order valence-electron chi connectivity index (χ1n) is 6.01. The highest BCUT2D eigenvalue weighted by Gasteiger charge is 2.22. The highest BCUT2D eigenvalue weighted by Crippen LogP contribution is 2.34. The van der Waals surface area contributed by atoms with Gasteiger partial charge in [0, 0.05) is 5.92 Å². The van der Waals surface area contributed by atoms with Gasteiger partial charge in [-0.15, -0.1) is 11.3 Å². The lowest BCUT2D eigenvalue weighted by Gasteiger charge is -2.17. The fraction of sp³-hybridized carbons (Fsp3) is 0.500. The van der Waals surface area contributed by atoms with Crippen molar-refractivity contribution in [2.45, 2.75) is 38.0 Å². The van der Waals surface area contributed by atoms with Gasteiger partial charge in [-0.05, 0) is 24.3 Å². The summed E-state index contributed by atoms with van der Waals surface area (Å²) in [6.07, 6.45) is 6.24. The number of nitrogens with zero attached hydrogens (tertiary/aromatic N) is 2. The van der Waals surface area contributed by atoms with Crippen molar-refractivity contribution in [3.05, 3.63) is 17.3 Å². The van der Waals surface area contributed by atoms with Crippen molar-refractivity contribution >= 4 is 17.0 Å². The van der Waals surface area contributed by atoms with Gasteiger partial charge in [-0.2, -0.15) is 4.98 Å². The number of hydrogen-bond acceptors (Lipinski definition) is 5. The van der Waals surface area contributed by atoms with Crippen molar-refractivity contribution in [1.82, 2.24) is 10.1 Å². The van der Waals surface area contributed by atoms with Gasteiger partial charge in [-0.3, -0.25) is 0 Å². The van der Waals surface area contributed by atoms with E-state index in [0.717, 1.165) is 10.7 Å². The van der Waals surface area contributed by atoms with E-state index >= 15 is 0 Å². The molecule has 0 amide bonds. The van der Waals surface area contributed by atoms with E-state index in [2.05, 4.69) is 10.1 Å². The topological polar surface area (TPSA) is 64.9 Å². The average Bonchev–Trinajstić information content (AvgIpc) is 2.98. The van der Waals surface area contributed by atoms with Gasteiger partial charge >= 0.3 is 0 Å². The van der Waals surface area contributed by atoms with Crippen molar-refractivity contribution in [3.63, 3.8) is 0 Å². The number of thiophene rings is 1. The van der Waals surface area contributed by atoms with Crippen molar-refractivity contribution in [3.8, 4) is 10.8 Å². The minimum Gasteiger partial charge on any atom is -0.397 e. The first kappa shape index (κ1) is 10.8. The van der Waals surface area contributed by atoms with E-state index in [9.17, 15) is 0 Å². The summed E-state index contributed by atoms with van der Waals surface area (Å²) < 4.78 is 5.31. The molecule has 17 heavy (non-hydrogen) atoms. The lowest BCUT2D eigenvalue weighted by atomic mass is 9.89. The van der Waals surface area contributed by atoms with Crippen molar-refractivity contribution < 1.29 is 4.52 Å². The third-order valence-corrected chi connectivity index (χ3v) is 4.22. The normalized spacial score (nSPS) is 17.4. The Morgan fingerprint density at radius 1 is 1.29 bits per heavy atom. The smallest absolute Gasteiger partial charge is 0.270 e. The van der Waals surface area contributed by atoms with E-state index < -0.39 is 0 Å². The standard InChI is InChI=1S/C12H15N3OS/c13-9-6-7-17-10(9)12-14-11(15-16-12)8-4-2-1-3-5-8/h6-8H,1-5,13H2. The Kier molecular flexibility index (Phi) is 2.84. The summed E-state index contributed by atoms with van der Waals surface area (Å²) >= 11 is 1.54. The zero-order valence-corrected chi connectivity index (χ0v) is 10.4. The molecular weight excluding hydrogens is 234 g/mol. The molecule has 90 valence electrons. The molecule has 0 spiro atoms. The molecule has 0 unspecified atom stereocenters. The lowest BCUT2D eigenvalue weighted by molar-refractivity contribution is 0.385. The molecule has 0 atom stereocenters. The second kappa shape index (κ2) is 4.49. The van der Waals surface area contributed by atoms with Crippen LogP contribution in [0.2, 0.25) is 0 Å². The fourth-order valence-electron chi connectivity index (χ4n) is 2.35. The van der Waals surface area contributed by atoms with E-state index in [-0.39, 0.29) is 0 Å². The summed E-state index contributed by atoms with van der Waals surface area (Å²) in [6.45, 7) is 0. The minimum absolute atomic E-state index is 0.474. The molecule has 2 aromatic heterocycles. The van der Waals surface area contributed by atoms with E-state index in [0.29, 0.717) is 17.5 Å². The van der Waals surface area contributed by atoms with Gasteiger partial charge in [-0.25, -0.2) is 0 Å². The molecule has 2 aromatic rings. The monoisotopic (exact) mass is 249 g/mol. The van der Waals surface area contributed by atoms with Gasteiger partial charge in [-0.1, -0.05) is 24.4 Å². The molecule has 2 N–H and O–H groups in total. The van der Waals surface area contributed by atoms with Crippen molar-refractivity contribution in [1.29, 1.82) is 0 Å². The van der Waals surface area contributed by atoms with Crippen LogP contribution in [0.1, 0.15) is 43.8 Å². The summed E-state index contributed by atoms with van der Waals surface area (Å²) in [5.41, 5.74) is 6.56. The zero-order chi connectivity index (χ0) is 11.7. The molecule has 0 saturated heterocycles. The molecule has 1 saturated carbocycles. The molecule has 5 heteroatoms. The van der Waals surface area contributed by atoms with Crippen LogP contribution in [-0.4, -0.2) is 10.1 Å². The van der Waals surface area contributed by atoms with E-state index in [1.807, 2.05) is 11.4 Å². The SMILES string of the molecule is Nc1ccsc1-c1nc(C2CCCCC2)no1. The van der Waals surface area contributed by atoms with Gasteiger partial charge in [0.05, 0.1) is 5.69 Å². The maximum Gasteiger partial charge on any atom is 0.270 e. The molecule has 1 aliphatic carbocycles. The van der Waals surface area contributed by atoms with Gasteiger partial charge in [0.1, 0.15) is 4.88 Å². The second-order valence-electron chi connectivity index (χ2n) is 4.50. The van der Waals surface area contributed by atoms with Crippen LogP contribution in [0.15, 0.2) is 16.0 Å². The third-order valence-electron chi connectivity index (χ3n) is 3.30. The molecule has 4 nitrogen and oxygen atoms in total. The predicted molar refractivity (Wildman–Crippen MR) is 67.8 cm³/mol. The molecule has 3 rings (SSSR count). The summed E-state index contributed by atoms with van der Waals surface area (Å²) in [7, 11) is 0. The highest BCUT2D eigenvalue weighted by molar-refractivity contribution is 7.14. The number of nitrogens with two attached hydrogens (primary N) is 1. The fourth-order valence-corrected chi connectivity index (χ4v) is 3.09. The Morgan fingerprint density at radius 2 is 2.12 bits per heavy atom. The number of rotatable bonds is 2. The molecule has 0 aromatic carbocycles. The number of anilines is 1. The Hall–Kier alpha value is -1.36. The first-order chi connectivity index (χ1) is 8.34. The second-order valence-corrected chi connectivity index (χ2v) is 5.41. The number of hydrogen-bond donors (Lipinski definition) is 1. The van der Waals surface area contributed by atoms with Crippen LogP contribution in [-0.2, 0) is 0 Å². The molecule has 1 fully saturated rings. The Bertz CT molecular complexity index is 499. The zero-order valence-electron chi connectivity index (χ0n) is 9.56. The number of nitrogen functional groups attached to an aromatic ring is 1. The number of aromatic nitrogens is 2. The Balaban J connectivity index is 1.85. The maximum atomic E-state index is 5.84. The summed E-state index contributed by atoms with van der Waals surface area (Å²) in [6, 6.07) is 1.87. The van der Waals surface area contributed by atoms with Crippen LogP contribution in [0.25, 0.3) is 10.8 Å². The van der Waals surface area contributed by atoms with Crippen LogP contribution in [0, 0.1) is 0 Å². The van der Waals surface area contributed by atoms with Gasteiger partial charge < -0.3 is 10.3 Å².